The zero-order valence-electron chi connectivity index (χ0n) is 11.7. The molecular weight excluding hydrogens is 301 g/mol. The normalized spacial score (nSPS) is 11.0. The Hall–Kier alpha value is -1.54. The summed E-state index contributed by atoms with van der Waals surface area (Å²) in [5, 5.41) is 6.82. The van der Waals surface area contributed by atoms with Crippen molar-refractivity contribution < 1.29 is 0 Å². The monoisotopic (exact) mass is 315 g/mol. The van der Waals surface area contributed by atoms with Gasteiger partial charge in [-0.2, -0.15) is 0 Å². The first-order valence-electron chi connectivity index (χ1n) is 6.81. The molecule has 3 rings (SSSR count). The molecule has 0 spiro atoms. The second-order valence-corrected chi connectivity index (χ2v) is 5.80. The molecule has 1 nitrogen and oxygen atoms in total. The fourth-order valence-corrected chi connectivity index (χ4v) is 3.12. The van der Waals surface area contributed by atoms with Crippen molar-refractivity contribution in [1.82, 2.24) is 5.32 Å². The van der Waals surface area contributed by atoms with Gasteiger partial charge in [0.15, 0.2) is 0 Å². The third-order valence-electron chi connectivity index (χ3n) is 3.58. The maximum Gasteiger partial charge on any atom is 0.0487 e. The highest BCUT2D eigenvalue weighted by molar-refractivity contribution is 6.37. The number of halogens is 2. The summed E-state index contributed by atoms with van der Waals surface area (Å²) < 4.78 is 0. The number of nitrogens with one attached hydrogen (secondary N) is 1. The van der Waals surface area contributed by atoms with Crippen molar-refractivity contribution in [3.05, 3.63) is 70.2 Å². The molecule has 0 heterocycles. The average molecular weight is 316 g/mol. The summed E-state index contributed by atoms with van der Waals surface area (Å²) in [6, 6.07) is 18.3. The summed E-state index contributed by atoms with van der Waals surface area (Å²) in [5.74, 6) is 0. The van der Waals surface area contributed by atoms with Crippen LogP contribution < -0.4 is 5.32 Å². The summed E-state index contributed by atoms with van der Waals surface area (Å²) in [6.45, 7) is 0.807. The van der Waals surface area contributed by atoms with Gasteiger partial charge in [-0.15, -0.1) is 0 Å². The number of fused-ring (bicyclic) bond motifs is 1. The Balaban J connectivity index is 2.19. The second-order valence-electron chi connectivity index (χ2n) is 4.99. The molecule has 0 saturated carbocycles. The zero-order valence-corrected chi connectivity index (χ0v) is 13.2. The molecule has 3 aromatic carbocycles. The lowest BCUT2D eigenvalue weighted by Gasteiger charge is -2.11. The van der Waals surface area contributed by atoms with E-state index in [2.05, 4.69) is 23.5 Å². The number of rotatable bonds is 3. The largest absolute Gasteiger partial charge is 0.316 e. The molecular formula is C18H15Cl2N. The fraction of sp³-hybridized carbons (Fsp3) is 0.111. The predicted molar refractivity (Wildman–Crippen MR) is 92.2 cm³/mol. The molecule has 1 N–H and O–H groups in total. The molecule has 0 aliphatic carbocycles. The van der Waals surface area contributed by atoms with E-state index in [9.17, 15) is 0 Å². The van der Waals surface area contributed by atoms with E-state index >= 15 is 0 Å². The third-order valence-corrected chi connectivity index (χ3v) is 4.22. The summed E-state index contributed by atoms with van der Waals surface area (Å²) in [4.78, 5) is 0. The molecule has 0 fully saturated rings. The van der Waals surface area contributed by atoms with E-state index in [0.29, 0.717) is 0 Å². The summed E-state index contributed by atoms with van der Waals surface area (Å²) >= 11 is 12.8. The molecule has 0 aromatic heterocycles. The molecule has 0 amide bonds. The van der Waals surface area contributed by atoms with Crippen LogP contribution in [0, 0.1) is 0 Å². The first-order valence-corrected chi connectivity index (χ1v) is 7.57. The van der Waals surface area contributed by atoms with Crippen molar-refractivity contribution >= 4 is 34.0 Å². The maximum absolute atomic E-state index is 6.48. The predicted octanol–water partition coefficient (Wildman–Crippen LogP) is 5.53. The Labute approximate surface area is 134 Å². The molecule has 0 bridgehead atoms. The minimum Gasteiger partial charge on any atom is -0.316 e. The van der Waals surface area contributed by atoms with E-state index in [4.69, 9.17) is 23.2 Å². The van der Waals surface area contributed by atoms with Crippen LogP contribution in [0.5, 0.6) is 0 Å². The van der Waals surface area contributed by atoms with E-state index in [-0.39, 0.29) is 0 Å². The SMILES string of the molecule is CNCc1ccc(-c2ccc(Cl)c3ccccc23)c(Cl)c1. The third kappa shape index (κ3) is 2.77. The van der Waals surface area contributed by atoms with E-state index < -0.39 is 0 Å². The van der Waals surface area contributed by atoms with Gasteiger partial charge in [-0.1, -0.05) is 65.7 Å². The molecule has 106 valence electrons. The highest BCUT2D eigenvalue weighted by Gasteiger charge is 2.10. The van der Waals surface area contributed by atoms with Crippen molar-refractivity contribution in [3.63, 3.8) is 0 Å². The van der Waals surface area contributed by atoms with Crippen LogP contribution in [0.15, 0.2) is 54.6 Å². The van der Waals surface area contributed by atoms with Gasteiger partial charge in [-0.3, -0.25) is 0 Å². The van der Waals surface area contributed by atoms with Gasteiger partial charge in [-0.25, -0.2) is 0 Å². The van der Waals surface area contributed by atoms with Crippen LogP contribution in [0.3, 0.4) is 0 Å². The number of hydrogen-bond donors (Lipinski definition) is 1. The first kappa shape index (κ1) is 14.4. The molecule has 0 atom stereocenters. The Bertz CT molecular complexity index is 796. The molecule has 0 radical (unpaired) electrons. The minimum absolute atomic E-state index is 0.759. The van der Waals surface area contributed by atoms with Crippen molar-refractivity contribution in [3.8, 4) is 11.1 Å². The molecule has 0 unspecified atom stereocenters. The smallest absolute Gasteiger partial charge is 0.0487 e. The highest BCUT2D eigenvalue weighted by Crippen LogP contribution is 2.36. The quantitative estimate of drug-likeness (QED) is 0.669. The van der Waals surface area contributed by atoms with Crippen molar-refractivity contribution in [2.24, 2.45) is 0 Å². The molecule has 3 aromatic rings. The van der Waals surface area contributed by atoms with Gasteiger partial charge in [0.25, 0.3) is 0 Å². The Morgan fingerprint density at radius 1 is 0.810 bits per heavy atom. The topological polar surface area (TPSA) is 12.0 Å². The van der Waals surface area contributed by atoms with Gasteiger partial charge in [0.2, 0.25) is 0 Å². The molecule has 0 aliphatic rings. The Morgan fingerprint density at radius 3 is 2.24 bits per heavy atom. The fourth-order valence-electron chi connectivity index (χ4n) is 2.59. The lowest BCUT2D eigenvalue weighted by molar-refractivity contribution is 0.818. The molecule has 0 aliphatic heterocycles. The van der Waals surface area contributed by atoms with Crippen LogP contribution in [0.1, 0.15) is 5.56 Å². The molecule has 21 heavy (non-hydrogen) atoms. The van der Waals surface area contributed by atoms with Crippen LogP contribution in [-0.4, -0.2) is 7.05 Å². The van der Waals surface area contributed by atoms with Gasteiger partial charge in [-0.05, 0) is 35.7 Å². The summed E-state index contributed by atoms with van der Waals surface area (Å²) in [7, 11) is 1.93. The molecule has 3 heteroatoms. The van der Waals surface area contributed by atoms with Crippen molar-refractivity contribution in [2.75, 3.05) is 7.05 Å². The van der Waals surface area contributed by atoms with E-state index in [1.165, 1.54) is 5.56 Å². The Kier molecular flexibility index (Phi) is 4.16. The van der Waals surface area contributed by atoms with Gasteiger partial charge >= 0.3 is 0 Å². The van der Waals surface area contributed by atoms with Gasteiger partial charge in [0, 0.05) is 27.5 Å². The number of hydrogen-bond acceptors (Lipinski definition) is 1. The van der Waals surface area contributed by atoms with Crippen molar-refractivity contribution in [1.29, 1.82) is 0 Å². The maximum atomic E-state index is 6.48. The van der Waals surface area contributed by atoms with Crippen LogP contribution in [0.2, 0.25) is 10.0 Å². The average Bonchev–Trinajstić information content (AvgIpc) is 2.49. The summed E-state index contributed by atoms with van der Waals surface area (Å²) in [5.41, 5.74) is 3.31. The first-order chi connectivity index (χ1) is 10.2. The Morgan fingerprint density at radius 2 is 1.52 bits per heavy atom. The van der Waals surface area contributed by atoms with Crippen LogP contribution >= 0.6 is 23.2 Å². The van der Waals surface area contributed by atoms with Crippen molar-refractivity contribution in [2.45, 2.75) is 6.54 Å². The van der Waals surface area contributed by atoms with E-state index in [1.54, 1.807) is 0 Å². The van der Waals surface area contributed by atoms with Crippen LogP contribution in [0.25, 0.3) is 21.9 Å². The summed E-state index contributed by atoms with van der Waals surface area (Å²) in [6.07, 6.45) is 0. The van der Waals surface area contributed by atoms with Crippen LogP contribution in [-0.2, 0) is 6.54 Å². The van der Waals surface area contributed by atoms with Gasteiger partial charge in [0.1, 0.15) is 0 Å². The van der Waals surface area contributed by atoms with Gasteiger partial charge < -0.3 is 5.32 Å². The van der Waals surface area contributed by atoms with Gasteiger partial charge in [0.05, 0.1) is 0 Å². The standard InChI is InChI=1S/C18H15Cl2N/c1-21-11-12-6-7-16(18(20)10-12)14-8-9-17(19)15-5-3-2-4-13(14)15/h2-10,21H,11H2,1H3. The zero-order chi connectivity index (χ0) is 14.8. The van der Waals surface area contributed by atoms with Crippen LogP contribution in [0.4, 0.5) is 0 Å². The van der Waals surface area contributed by atoms with E-state index in [0.717, 1.165) is 38.5 Å². The highest BCUT2D eigenvalue weighted by atomic mass is 35.5. The minimum atomic E-state index is 0.759. The lowest BCUT2D eigenvalue weighted by Crippen LogP contribution is -2.04. The molecule has 0 saturated heterocycles. The lowest BCUT2D eigenvalue weighted by atomic mass is 9.97. The second kappa shape index (κ2) is 6.07. The number of benzene rings is 3. The van der Waals surface area contributed by atoms with E-state index in [1.807, 2.05) is 43.4 Å².